The predicted molar refractivity (Wildman–Crippen MR) is 117 cm³/mol. The van der Waals surface area contributed by atoms with Gasteiger partial charge < -0.3 is 9.32 Å². The molecule has 2 aromatic heterocycles. The Bertz CT molecular complexity index is 1190. The second-order valence-corrected chi connectivity index (χ2v) is 7.95. The molecule has 2 heterocycles. The molecular weight excluding hydrogens is 415 g/mol. The van der Waals surface area contributed by atoms with E-state index in [9.17, 15) is 9.18 Å². The predicted octanol–water partition coefficient (Wildman–Crippen LogP) is 4.73. The maximum absolute atomic E-state index is 14.5. The topological polar surface area (TPSA) is 64.2 Å². The van der Waals surface area contributed by atoms with Crippen molar-refractivity contribution in [2.24, 2.45) is 0 Å². The number of halogens is 1. The zero-order chi connectivity index (χ0) is 21.8. The average molecular weight is 437 g/mol. The lowest BCUT2D eigenvalue weighted by atomic mass is 10.2. The number of aromatic nitrogens is 3. The Kier molecular flexibility index (Phi) is 6.18. The van der Waals surface area contributed by atoms with Gasteiger partial charge in [0.25, 0.3) is 0 Å². The summed E-state index contributed by atoms with van der Waals surface area (Å²) < 4.78 is 21.8. The van der Waals surface area contributed by atoms with Crippen molar-refractivity contribution in [3.8, 4) is 17.1 Å². The van der Waals surface area contributed by atoms with Crippen LogP contribution >= 0.6 is 11.8 Å². The standard InChI is InChI=1S/C23H21FN4O2S/c1-16-12-13-18(30-16)14-27(2)21(29)15-31-23-26-25-22(19-10-6-7-11-20(19)24)28(23)17-8-4-3-5-9-17/h3-13H,14-15H2,1-2H3. The fourth-order valence-corrected chi connectivity index (χ4v) is 4.01. The van der Waals surface area contributed by atoms with Crippen LogP contribution in [0.4, 0.5) is 4.39 Å². The third-order valence-corrected chi connectivity index (χ3v) is 5.62. The molecule has 0 atom stereocenters. The van der Waals surface area contributed by atoms with Gasteiger partial charge in [0.05, 0.1) is 17.9 Å². The highest BCUT2D eigenvalue weighted by Gasteiger charge is 2.20. The fraction of sp³-hybridized carbons (Fsp3) is 0.174. The highest BCUT2D eigenvalue weighted by Crippen LogP contribution is 2.29. The summed E-state index contributed by atoms with van der Waals surface area (Å²) in [5.74, 6) is 1.63. The van der Waals surface area contributed by atoms with Crippen LogP contribution in [0.15, 0.2) is 76.3 Å². The number of hydrogen-bond donors (Lipinski definition) is 0. The second-order valence-electron chi connectivity index (χ2n) is 7.01. The third-order valence-electron chi connectivity index (χ3n) is 4.70. The molecule has 4 rings (SSSR count). The summed E-state index contributed by atoms with van der Waals surface area (Å²) in [5.41, 5.74) is 1.14. The van der Waals surface area contributed by atoms with E-state index in [2.05, 4.69) is 10.2 Å². The number of hydrogen-bond acceptors (Lipinski definition) is 5. The van der Waals surface area contributed by atoms with E-state index in [0.29, 0.717) is 23.1 Å². The van der Waals surface area contributed by atoms with Gasteiger partial charge in [0.1, 0.15) is 17.3 Å². The summed E-state index contributed by atoms with van der Waals surface area (Å²) in [6.07, 6.45) is 0. The molecule has 0 fully saturated rings. The molecule has 0 aliphatic heterocycles. The van der Waals surface area contributed by atoms with E-state index in [4.69, 9.17) is 4.42 Å². The molecule has 31 heavy (non-hydrogen) atoms. The molecule has 0 saturated heterocycles. The Morgan fingerprint density at radius 3 is 2.52 bits per heavy atom. The molecule has 8 heteroatoms. The summed E-state index contributed by atoms with van der Waals surface area (Å²) in [5, 5.41) is 8.99. The first-order valence-electron chi connectivity index (χ1n) is 9.71. The molecule has 0 unspecified atom stereocenters. The summed E-state index contributed by atoms with van der Waals surface area (Å²) in [6, 6.07) is 19.6. The van der Waals surface area contributed by atoms with Gasteiger partial charge in [0.2, 0.25) is 5.91 Å². The van der Waals surface area contributed by atoms with Gasteiger partial charge in [0, 0.05) is 12.7 Å². The number of carbonyl (C=O) groups excluding carboxylic acids is 1. The first kappa shape index (κ1) is 20.9. The normalized spacial score (nSPS) is 10.9. The monoisotopic (exact) mass is 436 g/mol. The van der Waals surface area contributed by atoms with Gasteiger partial charge in [-0.15, -0.1) is 10.2 Å². The molecule has 0 aliphatic carbocycles. The van der Waals surface area contributed by atoms with Crippen molar-refractivity contribution in [1.82, 2.24) is 19.7 Å². The van der Waals surface area contributed by atoms with Gasteiger partial charge in [0.15, 0.2) is 11.0 Å². The number of carbonyl (C=O) groups is 1. The molecule has 4 aromatic rings. The van der Waals surface area contributed by atoms with Crippen molar-refractivity contribution in [2.45, 2.75) is 18.6 Å². The molecule has 0 saturated carbocycles. The van der Waals surface area contributed by atoms with E-state index < -0.39 is 0 Å². The number of thioether (sulfide) groups is 1. The number of aryl methyl sites for hydroxylation is 1. The molecule has 0 radical (unpaired) electrons. The van der Waals surface area contributed by atoms with Crippen LogP contribution in [0.5, 0.6) is 0 Å². The van der Waals surface area contributed by atoms with Crippen LogP contribution in [0.25, 0.3) is 17.1 Å². The number of amides is 1. The molecule has 158 valence electrons. The SMILES string of the molecule is Cc1ccc(CN(C)C(=O)CSc2nnc(-c3ccccc3F)n2-c2ccccc2)o1. The molecule has 0 N–H and O–H groups in total. The minimum absolute atomic E-state index is 0.0749. The number of nitrogens with zero attached hydrogens (tertiary/aromatic N) is 4. The van der Waals surface area contributed by atoms with E-state index in [-0.39, 0.29) is 17.5 Å². The zero-order valence-corrected chi connectivity index (χ0v) is 18.0. The van der Waals surface area contributed by atoms with Crippen molar-refractivity contribution < 1.29 is 13.6 Å². The second kappa shape index (κ2) is 9.18. The molecule has 2 aromatic carbocycles. The van der Waals surface area contributed by atoms with Crippen LogP contribution in [-0.2, 0) is 11.3 Å². The van der Waals surface area contributed by atoms with E-state index in [1.807, 2.05) is 49.4 Å². The Morgan fingerprint density at radius 2 is 1.81 bits per heavy atom. The molecule has 1 amide bonds. The molecule has 6 nitrogen and oxygen atoms in total. The lowest BCUT2D eigenvalue weighted by molar-refractivity contribution is -0.127. The Labute approximate surface area is 183 Å². The van der Waals surface area contributed by atoms with Crippen molar-refractivity contribution in [3.63, 3.8) is 0 Å². The highest BCUT2D eigenvalue weighted by molar-refractivity contribution is 7.99. The van der Waals surface area contributed by atoms with Crippen LogP contribution in [0, 0.1) is 12.7 Å². The zero-order valence-electron chi connectivity index (χ0n) is 17.2. The summed E-state index contributed by atoms with van der Waals surface area (Å²) >= 11 is 1.26. The number of furan rings is 1. The van der Waals surface area contributed by atoms with Crippen LogP contribution in [0.1, 0.15) is 11.5 Å². The number of para-hydroxylation sites is 1. The average Bonchev–Trinajstić information content (AvgIpc) is 3.38. The van der Waals surface area contributed by atoms with Gasteiger partial charge >= 0.3 is 0 Å². The highest BCUT2D eigenvalue weighted by atomic mass is 32.2. The van der Waals surface area contributed by atoms with Crippen molar-refractivity contribution in [1.29, 1.82) is 0 Å². The van der Waals surface area contributed by atoms with E-state index in [1.54, 1.807) is 34.7 Å². The molecular formula is C23H21FN4O2S. The van der Waals surface area contributed by atoms with Crippen molar-refractivity contribution in [2.75, 3.05) is 12.8 Å². The smallest absolute Gasteiger partial charge is 0.233 e. The van der Waals surface area contributed by atoms with Crippen LogP contribution in [-0.4, -0.2) is 38.4 Å². The van der Waals surface area contributed by atoms with Crippen molar-refractivity contribution in [3.05, 3.63) is 84.1 Å². The minimum atomic E-state index is -0.381. The number of rotatable bonds is 7. The van der Waals surface area contributed by atoms with Crippen LogP contribution < -0.4 is 0 Å². The third kappa shape index (κ3) is 4.69. The fourth-order valence-electron chi connectivity index (χ4n) is 3.12. The minimum Gasteiger partial charge on any atom is -0.464 e. The first-order valence-corrected chi connectivity index (χ1v) is 10.7. The molecule has 0 bridgehead atoms. The lowest BCUT2D eigenvalue weighted by Gasteiger charge is -2.16. The number of benzene rings is 2. The van der Waals surface area contributed by atoms with Gasteiger partial charge in [-0.2, -0.15) is 0 Å². The van der Waals surface area contributed by atoms with Crippen LogP contribution in [0.2, 0.25) is 0 Å². The van der Waals surface area contributed by atoms with Gasteiger partial charge in [-0.25, -0.2) is 4.39 Å². The summed E-state index contributed by atoms with van der Waals surface area (Å²) in [4.78, 5) is 14.3. The van der Waals surface area contributed by atoms with Gasteiger partial charge in [-0.05, 0) is 43.3 Å². The Hall–Kier alpha value is -3.39. The van der Waals surface area contributed by atoms with E-state index >= 15 is 0 Å². The van der Waals surface area contributed by atoms with E-state index in [0.717, 1.165) is 17.2 Å². The quantitative estimate of drug-likeness (QED) is 0.392. The maximum atomic E-state index is 14.5. The maximum Gasteiger partial charge on any atom is 0.233 e. The van der Waals surface area contributed by atoms with Crippen molar-refractivity contribution >= 4 is 17.7 Å². The Balaban J connectivity index is 1.57. The Morgan fingerprint density at radius 1 is 1.06 bits per heavy atom. The molecule has 0 aliphatic rings. The first-order chi connectivity index (χ1) is 15.0. The largest absolute Gasteiger partial charge is 0.464 e. The molecule has 0 spiro atoms. The lowest BCUT2D eigenvalue weighted by Crippen LogP contribution is -2.27. The summed E-state index contributed by atoms with van der Waals surface area (Å²) in [7, 11) is 1.73. The van der Waals surface area contributed by atoms with Gasteiger partial charge in [-0.1, -0.05) is 42.1 Å². The van der Waals surface area contributed by atoms with E-state index in [1.165, 1.54) is 17.8 Å². The van der Waals surface area contributed by atoms with Gasteiger partial charge in [-0.3, -0.25) is 9.36 Å². The summed E-state index contributed by atoms with van der Waals surface area (Å²) in [6.45, 7) is 2.25. The van der Waals surface area contributed by atoms with Crippen LogP contribution in [0.3, 0.4) is 0 Å².